The molecule has 1 aromatic carbocycles. The van der Waals surface area contributed by atoms with Gasteiger partial charge in [-0.1, -0.05) is 24.1 Å². The number of amides is 3. The van der Waals surface area contributed by atoms with E-state index in [-0.39, 0.29) is 52.4 Å². The molecule has 192 valence electrons. The molecule has 0 spiro atoms. The number of hydrogen-bond donors (Lipinski definition) is 3. The number of esters is 1. The molecule has 9 nitrogen and oxygen atoms in total. The van der Waals surface area contributed by atoms with Crippen LogP contribution in [0.1, 0.15) is 29.7 Å². The minimum Gasteiger partial charge on any atom is -0.455 e. The van der Waals surface area contributed by atoms with Gasteiger partial charge in [0.05, 0.1) is 21.2 Å². The molecule has 14 heteroatoms. The van der Waals surface area contributed by atoms with Gasteiger partial charge in [0.15, 0.2) is 5.76 Å². The summed E-state index contributed by atoms with van der Waals surface area (Å²) in [6, 6.07) is 3.59. The maximum Gasteiger partial charge on any atom is 0.326 e. The molecule has 3 amide bonds. The number of primary amides is 1. The molecular weight excluding hydrogens is 546 g/mol. The van der Waals surface area contributed by atoms with Gasteiger partial charge in [-0.05, 0) is 43.0 Å². The van der Waals surface area contributed by atoms with Gasteiger partial charge in [0.1, 0.15) is 11.9 Å². The van der Waals surface area contributed by atoms with Crippen molar-refractivity contribution in [2.24, 2.45) is 17.2 Å². The summed E-state index contributed by atoms with van der Waals surface area (Å²) < 4.78 is 25.0. The molecule has 0 aliphatic carbocycles. The number of nitrogens with two attached hydrogens (primary N) is 3. The van der Waals surface area contributed by atoms with E-state index in [0.717, 1.165) is 18.6 Å². The summed E-state index contributed by atoms with van der Waals surface area (Å²) >= 11 is 7.07. The largest absolute Gasteiger partial charge is 0.455 e. The molecule has 35 heavy (non-hydrogen) atoms. The van der Waals surface area contributed by atoms with E-state index in [2.05, 4.69) is 0 Å². The SMILES string of the molecule is Cl.Cl.NCCCCC(N)C(=O)OCO/C(=C1/C(=O)N(C(N)=O)c2cc(Cl)c(F)cc21)c1cccs1. The molecule has 0 bridgehead atoms. The highest BCUT2D eigenvalue weighted by atomic mass is 35.5. The topological polar surface area (TPSA) is 151 Å². The van der Waals surface area contributed by atoms with Gasteiger partial charge in [0.25, 0.3) is 5.91 Å². The zero-order valence-electron chi connectivity index (χ0n) is 18.2. The van der Waals surface area contributed by atoms with Crippen LogP contribution in [0.15, 0.2) is 29.6 Å². The Kier molecular flexibility index (Phi) is 11.9. The summed E-state index contributed by atoms with van der Waals surface area (Å²) in [5.41, 5.74) is 16.6. The molecule has 6 N–H and O–H groups in total. The Hall–Kier alpha value is -2.41. The number of benzene rings is 1. The number of carbonyl (C=O) groups is 3. The number of thiophene rings is 1. The number of carbonyl (C=O) groups excluding carboxylic acids is 3. The van der Waals surface area contributed by atoms with Gasteiger partial charge in [-0.25, -0.2) is 14.1 Å². The van der Waals surface area contributed by atoms with Crippen LogP contribution >= 0.6 is 47.8 Å². The number of rotatable bonds is 9. The molecule has 0 saturated heterocycles. The van der Waals surface area contributed by atoms with E-state index in [4.69, 9.17) is 38.3 Å². The van der Waals surface area contributed by atoms with E-state index in [1.807, 2.05) is 0 Å². The van der Waals surface area contributed by atoms with Crippen LogP contribution in [-0.4, -0.2) is 37.3 Å². The number of halogens is 4. The van der Waals surface area contributed by atoms with Crippen molar-refractivity contribution in [3.8, 4) is 0 Å². The van der Waals surface area contributed by atoms with Gasteiger partial charge in [0.2, 0.25) is 6.79 Å². The molecule has 0 saturated carbocycles. The molecule has 2 heterocycles. The fourth-order valence-electron chi connectivity index (χ4n) is 3.25. The van der Waals surface area contributed by atoms with Gasteiger partial charge in [0, 0.05) is 5.56 Å². The first-order valence-electron chi connectivity index (χ1n) is 9.92. The maximum absolute atomic E-state index is 14.3. The van der Waals surface area contributed by atoms with Gasteiger partial charge in [-0.2, -0.15) is 0 Å². The summed E-state index contributed by atoms with van der Waals surface area (Å²) in [7, 11) is 0. The number of imide groups is 1. The number of unbranched alkanes of at least 4 members (excludes halogenated alkanes) is 1. The lowest BCUT2D eigenvalue weighted by atomic mass is 10.0. The van der Waals surface area contributed by atoms with Gasteiger partial charge < -0.3 is 26.7 Å². The molecule has 0 radical (unpaired) electrons. The van der Waals surface area contributed by atoms with Crippen molar-refractivity contribution < 1.29 is 28.2 Å². The van der Waals surface area contributed by atoms with E-state index in [1.54, 1.807) is 17.5 Å². The zero-order chi connectivity index (χ0) is 24.1. The van der Waals surface area contributed by atoms with E-state index in [1.165, 1.54) is 11.3 Å². The number of fused-ring (bicyclic) bond motifs is 1. The molecule has 0 fully saturated rings. The summed E-state index contributed by atoms with van der Waals surface area (Å²) in [5.74, 6) is -2.32. The third kappa shape index (κ3) is 6.84. The molecular formula is C21H24Cl3FN4O5S. The second-order valence-corrected chi connectivity index (χ2v) is 8.42. The minimum atomic E-state index is -1.07. The molecule has 1 aliphatic rings. The number of hydrogen-bond acceptors (Lipinski definition) is 8. The predicted octanol–water partition coefficient (Wildman–Crippen LogP) is 3.65. The summed E-state index contributed by atoms with van der Waals surface area (Å²) in [4.78, 5) is 38.3. The molecule has 1 unspecified atom stereocenters. The van der Waals surface area contributed by atoms with Crippen LogP contribution in [0, 0.1) is 5.82 Å². The lowest BCUT2D eigenvalue weighted by molar-refractivity contribution is -0.153. The van der Waals surface area contributed by atoms with Gasteiger partial charge >= 0.3 is 12.0 Å². The van der Waals surface area contributed by atoms with Gasteiger partial charge in [-0.3, -0.25) is 9.59 Å². The summed E-state index contributed by atoms with van der Waals surface area (Å²) in [6.45, 7) is -0.0678. The first-order chi connectivity index (χ1) is 15.8. The van der Waals surface area contributed by atoms with Crippen molar-refractivity contribution in [2.75, 3.05) is 18.2 Å². The second kappa shape index (κ2) is 13.6. The third-order valence-corrected chi connectivity index (χ3v) is 5.99. The minimum absolute atomic E-state index is 0. The predicted molar refractivity (Wildman–Crippen MR) is 137 cm³/mol. The molecule has 1 aliphatic heterocycles. The smallest absolute Gasteiger partial charge is 0.326 e. The fourth-order valence-corrected chi connectivity index (χ4v) is 4.14. The Labute approximate surface area is 222 Å². The first kappa shape index (κ1) is 30.6. The monoisotopic (exact) mass is 568 g/mol. The third-order valence-electron chi connectivity index (χ3n) is 4.83. The van der Waals surface area contributed by atoms with Crippen LogP contribution in [-0.2, 0) is 19.1 Å². The van der Waals surface area contributed by atoms with Crippen molar-refractivity contribution in [3.05, 3.63) is 50.9 Å². The first-order valence-corrected chi connectivity index (χ1v) is 11.2. The van der Waals surface area contributed by atoms with Crippen LogP contribution in [0.25, 0.3) is 11.3 Å². The van der Waals surface area contributed by atoms with Gasteiger partial charge in [-0.15, -0.1) is 36.2 Å². The summed E-state index contributed by atoms with van der Waals surface area (Å²) in [6.07, 6.45) is 1.79. The lowest BCUT2D eigenvalue weighted by Crippen LogP contribution is -2.38. The fraction of sp³-hybridized carbons (Fsp3) is 0.286. The van der Waals surface area contributed by atoms with E-state index < -0.39 is 36.6 Å². The van der Waals surface area contributed by atoms with E-state index in [0.29, 0.717) is 29.2 Å². The second-order valence-electron chi connectivity index (χ2n) is 7.06. The number of urea groups is 1. The van der Waals surface area contributed by atoms with Crippen molar-refractivity contribution >= 4 is 82.7 Å². The van der Waals surface area contributed by atoms with Crippen LogP contribution in [0.5, 0.6) is 0 Å². The van der Waals surface area contributed by atoms with E-state index >= 15 is 0 Å². The highest BCUT2D eigenvalue weighted by Crippen LogP contribution is 2.43. The standard InChI is InChI=1S/C21H22ClFN4O5S.2ClH/c22-12-9-15-11(8-13(12)23)17(19(28)27(15)21(26)30)18(16-5-3-7-33-16)31-10-32-20(29)14(25)4-1-2-6-24;;/h3,5,7-9,14H,1-2,4,6,10,24-25H2,(H2,26,30);2*1H/b18-17+;;. The molecule has 2 aromatic rings. The normalized spacial score (nSPS) is 14.4. The van der Waals surface area contributed by atoms with Crippen LogP contribution in [0.3, 0.4) is 0 Å². The Morgan fingerprint density at radius 3 is 2.51 bits per heavy atom. The highest BCUT2D eigenvalue weighted by molar-refractivity contribution is 7.11. The van der Waals surface area contributed by atoms with E-state index in [9.17, 15) is 18.8 Å². The van der Waals surface area contributed by atoms with Crippen molar-refractivity contribution in [1.29, 1.82) is 0 Å². The number of ether oxygens (including phenoxy) is 2. The number of anilines is 1. The van der Waals surface area contributed by atoms with Crippen molar-refractivity contribution in [1.82, 2.24) is 0 Å². The quantitative estimate of drug-likeness (QED) is 0.137. The zero-order valence-corrected chi connectivity index (χ0v) is 21.4. The molecule has 1 atom stereocenters. The number of nitrogens with zero attached hydrogens (tertiary/aromatic N) is 1. The lowest BCUT2D eigenvalue weighted by Gasteiger charge is -2.15. The average Bonchev–Trinajstić information content (AvgIpc) is 3.38. The molecule has 3 rings (SSSR count). The Morgan fingerprint density at radius 1 is 1.20 bits per heavy atom. The Bertz CT molecular complexity index is 1100. The Balaban J connectivity index is 0.00000306. The van der Waals surface area contributed by atoms with Crippen LogP contribution in [0.4, 0.5) is 14.9 Å². The highest BCUT2D eigenvalue weighted by Gasteiger charge is 2.40. The maximum atomic E-state index is 14.3. The van der Waals surface area contributed by atoms with Crippen molar-refractivity contribution in [2.45, 2.75) is 25.3 Å². The van der Waals surface area contributed by atoms with Crippen molar-refractivity contribution in [3.63, 3.8) is 0 Å². The Morgan fingerprint density at radius 2 is 1.91 bits per heavy atom. The van der Waals surface area contributed by atoms with Crippen LogP contribution in [0.2, 0.25) is 5.02 Å². The summed E-state index contributed by atoms with van der Waals surface area (Å²) in [5, 5.41) is 1.44. The molecule has 1 aromatic heterocycles. The van der Waals surface area contributed by atoms with Crippen LogP contribution < -0.4 is 22.1 Å². The average molecular weight is 570 g/mol.